The molecule has 0 atom stereocenters. The summed E-state index contributed by atoms with van der Waals surface area (Å²) in [5, 5.41) is 13.9. The van der Waals surface area contributed by atoms with Crippen LogP contribution in [0.15, 0.2) is 29.3 Å². The number of aromatic nitrogens is 1. The normalized spacial score (nSPS) is 14.2. The van der Waals surface area contributed by atoms with Crippen molar-refractivity contribution in [3.8, 4) is 5.75 Å². The summed E-state index contributed by atoms with van der Waals surface area (Å²) in [6, 6.07) is 7.19. The Morgan fingerprint density at radius 1 is 1.28 bits per heavy atom. The van der Waals surface area contributed by atoms with Crippen molar-refractivity contribution in [1.82, 2.24) is 15.2 Å². The first-order valence-electron chi connectivity index (χ1n) is 8.90. The highest BCUT2D eigenvalue weighted by Gasteiger charge is 2.16. The molecule has 0 bridgehead atoms. The molecule has 25 heavy (non-hydrogen) atoms. The van der Waals surface area contributed by atoms with Crippen LogP contribution < -0.4 is 5.32 Å². The van der Waals surface area contributed by atoms with Crippen molar-refractivity contribution in [3.63, 3.8) is 0 Å². The molecule has 0 radical (unpaired) electrons. The number of fused-ring (bicyclic) bond motifs is 1. The van der Waals surface area contributed by atoms with Crippen LogP contribution in [0.4, 0.5) is 0 Å². The van der Waals surface area contributed by atoms with Gasteiger partial charge in [-0.3, -0.25) is 0 Å². The third-order valence-corrected chi connectivity index (χ3v) is 5.45. The molecule has 1 aromatic heterocycles. The van der Waals surface area contributed by atoms with Crippen LogP contribution in [-0.4, -0.2) is 34.5 Å². The Bertz CT molecular complexity index is 700. The predicted octanol–water partition coefficient (Wildman–Crippen LogP) is 3.33. The maximum absolute atomic E-state index is 9.38. The maximum Gasteiger partial charge on any atom is 0.194 e. The molecular weight excluding hydrogens is 332 g/mol. The molecule has 0 fully saturated rings. The third-order valence-electron chi connectivity index (χ3n) is 4.31. The summed E-state index contributed by atoms with van der Waals surface area (Å²) in [5.41, 5.74) is 2.39. The van der Waals surface area contributed by atoms with Crippen LogP contribution in [0.3, 0.4) is 0 Å². The molecule has 6 heteroatoms. The number of hydrogen-bond acceptors (Lipinski definition) is 4. The van der Waals surface area contributed by atoms with Crippen LogP contribution in [0.25, 0.3) is 0 Å². The third kappa shape index (κ3) is 4.72. The highest BCUT2D eigenvalue weighted by Crippen LogP contribution is 2.27. The molecule has 1 aliphatic rings. The highest BCUT2D eigenvalue weighted by molar-refractivity contribution is 7.11. The lowest BCUT2D eigenvalue weighted by Gasteiger charge is -2.21. The number of nitrogens with one attached hydrogen (secondary N) is 1. The molecule has 1 aliphatic carbocycles. The number of phenolic OH excluding ortho intramolecular Hbond substituents is 1. The van der Waals surface area contributed by atoms with Gasteiger partial charge in [0.05, 0.1) is 18.8 Å². The summed E-state index contributed by atoms with van der Waals surface area (Å²) < 4.78 is 0. The molecule has 0 saturated heterocycles. The smallest absolute Gasteiger partial charge is 0.194 e. The number of aromatic hydroxyl groups is 1. The van der Waals surface area contributed by atoms with Crippen molar-refractivity contribution in [3.05, 3.63) is 45.4 Å². The lowest BCUT2D eigenvalue weighted by atomic mass is 10.0. The van der Waals surface area contributed by atoms with Crippen LogP contribution in [0.2, 0.25) is 0 Å². The van der Waals surface area contributed by atoms with Gasteiger partial charge in [0.2, 0.25) is 0 Å². The van der Waals surface area contributed by atoms with Crippen LogP contribution in [0, 0.1) is 0 Å². The van der Waals surface area contributed by atoms with Gasteiger partial charge in [-0.25, -0.2) is 9.98 Å². The standard InChI is InChI=1S/C19H26N4OS/c1-3-20-19(21-12-14-8-10-15(24)11-9-14)23(2)13-18-22-16-6-4-5-7-17(16)25-18/h8-11,24H,3-7,12-13H2,1-2H3,(H,20,21). The van der Waals surface area contributed by atoms with E-state index in [1.165, 1.54) is 34.8 Å². The van der Waals surface area contributed by atoms with E-state index in [1.807, 2.05) is 23.5 Å². The zero-order valence-electron chi connectivity index (χ0n) is 15.0. The fourth-order valence-electron chi connectivity index (χ4n) is 2.99. The van der Waals surface area contributed by atoms with E-state index in [4.69, 9.17) is 9.98 Å². The van der Waals surface area contributed by atoms with Crippen molar-refractivity contribution < 1.29 is 5.11 Å². The number of rotatable bonds is 5. The average molecular weight is 359 g/mol. The Morgan fingerprint density at radius 2 is 2.04 bits per heavy atom. The van der Waals surface area contributed by atoms with E-state index in [9.17, 15) is 5.11 Å². The summed E-state index contributed by atoms with van der Waals surface area (Å²) >= 11 is 1.85. The molecule has 0 aliphatic heterocycles. The van der Waals surface area contributed by atoms with Gasteiger partial charge in [-0.05, 0) is 50.3 Å². The molecule has 0 unspecified atom stereocenters. The largest absolute Gasteiger partial charge is 0.508 e. The van der Waals surface area contributed by atoms with Gasteiger partial charge in [0.1, 0.15) is 10.8 Å². The van der Waals surface area contributed by atoms with E-state index in [1.54, 1.807) is 12.1 Å². The molecule has 1 heterocycles. The maximum atomic E-state index is 9.38. The number of nitrogens with zero attached hydrogens (tertiary/aromatic N) is 3. The second-order valence-corrected chi connectivity index (χ2v) is 7.55. The number of guanidine groups is 1. The van der Waals surface area contributed by atoms with Crippen LogP contribution in [0.5, 0.6) is 5.75 Å². The average Bonchev–Trinajstić information content (AvgIpc) is 3.02. The lowest BCUT2D eigenvalue weighted by molar-refractivity contribution is 0.473. The van der Waals surface area contributed by atoms with Gasteiger partial charge in [-0.2, -0.15) is 0 Å². The monoisotopic (exact) mass is 358 g/mol. The number of aryl methyl sites for hydroxylation is 2. The number of benzene rings is 1. The van der Waals surface area contributed by atoms with Crippen LogP contribution >= 0.6 is 11.3 Å². The Morgan fingerprint density at radius 3 is 2.76 bits per heavy atom. The topological polar surface area (TPSA) is 60.8 Å². The van der Waals surface area contributed by atoms with Crippen molar-refractivity contribution in [1.29, 1.82) is 0 Å². The highest BCUT2D eigenvalue weighted by atomic mass is 32.1. The first-order valence-corrected chi connectivity index (χ1v) is 9.72. The molecule has 5 nitrogen and oxygen atoms in total. The van der Waals surface area contributed by atoms with Crippen LogP contribution in [0.1, 0.15) is 40.9 Å². The minimum Gasteiger partial charge on any atom is -0.508 e. The summed E-state index contributed by atoms with van der Waals surface area (Å²) in [5.74, 6) is 1.16. The van der Waals surface area contributed by atoms with E-state index in [0.717, 1.165) is 31.0 Å². The van der Waals surface area contributed by atoms with Crippen LogP contribution in [-0.2, 0) is 25.9 Å². The molecule has 1 aromatic carbocycles. The molecule has 0 amide bonds. The van der Waals surface area contributed by atoms with E-state index in [-0.39, 0.29) is 5.75 Å². The summed E-state index contributed by atoms with van der Waals surface area (Å²) in [7, 11) is 2.05. The Balaban J connectivity index is 1.67. The summed E-state index contributed by atoms with van der Waals surface area (Å²) in [6.45, 7) is 4.26. The van der Waals surface area contributed by atoms with E-state index in [0.29, 0.717) is 6.54 Å². The Labute approximate surface area is 153 Å². The van der Waals surface area contributed by atoms with Gasteiger partial charge in [-0.15, -0.1) is 11.3 Å². The first-order chi connectivity index (χ1) is 12.2. The molecule has 0 spiro atoms. The molecule has 2 aromatic rings. The fraction of sp³-hybridized carbons (Fsp3) is 0.474. The number of thiazole rings is 1. The zero-order valence-corrected chi connectivity index (χ0v) is 15.8. The number of phenols is 1. The van der Waals surface area contributed by atoms with Gasteiger partial charge in [0, 0.05) is 18.5 Å². The predicted molar refractivity (Wildman–Crippen MR) is 103 cm³/mol. The van der Waals surface area contributed by atoms with Gasteiger partial charge in [0.15, 0.2) is 5.96 Å². The molecular formula is C19H26N4OS. The second-order valence-electron chi connectivity index (χ2n) is 6.38. The van der Waals surface area contributed by atoms with Gasteiger partial charge < -0.3 is 15.3 Å². The SMILES string of the molecule is CCNC(=NCc1ccc(O)cc1)N(C)Cc1nc2c(s1)CCCC2. The van der Waals surface area contributed by atoms with Crippen molar-refractivity contribution in [2.24, 2.45) is 4.99 Å². The summed E-state index contributed by atoms with van der Waals surface area (Å²) in [6.07, 6.45) is 4.88. The van der Waals surface area contributed by atoms with Gasteiger partial charge >= 0.3 is 0 Å². The first kappa shape index (κ1) is 17.7. The fourth-order valence-corrected chi connectivity index (χ4v) is 4.20. The molecule has 134 valence electrons. The summed E-state index contributed by atoms with van der Waals surface area (Å²) in [4.78, 5) is 13.2. The van der Waals surface area contributed by atoms with Crippen molar-refractivity contribution in [2.45, 2.75) is 45.7 Å². The van der Waals surface area contributed by atoms with E-state index in [2.05, 4.69) is 24.2 Å². The van der Waals surface area contributed by atoms with Crippen molar-refractivity contribution in [2.75, 3.05) is 13.6 Å². The van der Waals surface area contributed by atoms with Gasteiger partial charge in [-0.1, -0.05) is 12.1 Å². The molecule has 3 rings (SSSR count). The minimum atomic E-state index is 0.282. The number of aliphatic imine (C=N–C) groups is 1. The Hall–Kier alpha value is -2.08. The Kier molecular flexibility index (Phi) is 5.91. The van der Waals surface area contributed by atoms with Crippen molar-refractivity contribution >= 4 is 17.3 Å². The zero-order chi connectivity index (χ0) is 17.6. The minimum absolute atomic E-state index is 0.282. The van der Waals surface area contributed by atoms with Gasteiger partial charge in [0.25, 0.3) is 0 Å². The number of hydrogen-bond donors (Lipinski definition) is 2. The molecule has 0 saturated carbocycles. The quantitative estimate of drug-likeness (QED) is 0.636. The second kappa shape index (κ2) is 8.34. The van der Waals surface area contributed by atoms with E-state index < -0.39 is 0 Å². The molecule has 2 N–H and O–H groups in total. The lowest BCUT2D eigenvalue weighted by Crippen LogP contribution is -2.38. The van der Waals surface area contributed by atoms with E-state index >= 15 is 0 Å².